The standard InChI is InChI=1S/C24H32O/c1-5-7-11-17(3)19-15-16-21-20-13-9-10-14-22(20)25-24(21)23(19)18(4)12-8-6-2/h9-10,13-18H,5-8,11-12H2,1-4H3. The zero-order chi connectivity index (χ0) is 17.8. The average Bonchev–Trinajstić information content (AvgIpc) is 3.01. The van der Waals surface area contributed by atoms with Gasteiger partial charge in [-0.3, -0.25) is 0 Å². The first kappa shape index (κ1) is 18.0. The van der Waals surface area contributed by atoms with E-state index in [9.17, 15) is 0 Å². The molecule has 25 heavy (non-hydrogen) atoms. The van der Waals surface area contributed by atoms with Crippen LogP contribution in [-0.2, 0) is 0 Å². The molecule has 1 aromatic heterocycles. The molecule has 0 saturated carbocycles. The molecule has 0 aliphatic carbocycles. The Kier molecular flexibility index (Phi) is 5.83. The number of furan rings is 1. The van der Waals surface area contributed by atoms with Crippen molar-refractivity contribution in [1.29, 1.82) is 0 Å². The molecule has 0 bridgehead atoms. The second-order valence-corrected chi connectivity index (χ2v) is 7.63. The summed E-state index contributed by atoms with van der Waals surface area (Å²) in [7, 11) is 0. The molecule has 0 spiro atoms. The van der Waals surface area contributed by atoms with Crippen molar-refractivity contribution in [1.82, 2.24) is 0 Å². The van der Waals surface area contributed by atoms with Crippen molar-refractivity contribution >= 4 is 21.9 Å². The van der Waals surface area contributed by atoms with Crippen molar-refractivity contribution in [2.24, 2.45) is 0 Å². The van der Waals surface area contributed by atoms with Crippen molar-refractivity contribution in [3.63, 3.8) is 0 Å². The lowest BCUT2D eigenvalue weighted by Crippen LogP contribution is -2.04. The Morgan fingerprint density at radius 3 is 2.20 bits per heavy atom. The van der Waals surface area contributed by atoms with Gasteiger partial charge in [0.1, 0.15) is 11.2 Å². The first-order valence-corrected chi connectivity index (χ1v) is 10.1. The quantitative estimate of drug-likeness (QED) is 0.404. The predicted octanol–water partition coefficient (Wildman–Crippen LogP) is 8.17. The van der Waals surface area contributed by atoms with Gasteiger partial charge in [-0.25, -0.2) is 0 Å². The zero-order valence-corrected chi connectivity index (χ0v) is 16.3. The van der Waals surface area contributed by atoms with Crippen LogP contribution in [0.3, 0.4) is 0 Å². The van der Waals surface area contributed by atoms with Crippen LogP contribution in [0.1, 0.15) is 89.2 Å². The van der Waals surface area contributed by atoms with Gasteiger partial charge < -0.3 is 4.42 Å². The Balaban J connectivity index is 2.15. The number of hydrogen-bond donors (Lipinski definition) is 0. The van der Waals surface area contributed by atoms with E-state index in [0.717, 1.165) is 11.2 Å². The van der Waals surface area contributed by atoms with E-state index >= 15 is 0 Å². The van der Waals surface area contributed by atoms with Gasteiger partial charge >= 0.3 is 0 Å². The summed E-state index contributed by atoms with van der Waals surface area (Å²) in [5, 5.41) is 2.52. The summed E-state index contributed by atoms with van der Waals surface area (Å²) >= 11 is 0. The number of unbranched alkanes of at least 4 members (excludes halogenated alkanes) is 2. The highest BCUT2D eigenvalue weighted by molar-refractivity contribution is 6.06. The highest BCUT2D eigenvalue weighted by atomic mass is 16.3. The van der Waals surface area contributed by atoms with Gasteiger partial charge in [0.2, 0.25) is 0 Å². The number of fused-ring (bicyclic) bond motifs is 3. The smallest absolute Gasteiger partial charge is 0.139 e. The van der Waals surface area contributed by atoms with E-state index in [1.165, 1.54) is 60.4 Å². The molecule has 0 radical (unpaired) electrons. The molecule has 1 nitrogen and oxygen atoms in total. The fourth-order valence-electron chi connectivity index (χ4n) is 4.08. The van der Waals surface area contributed by atoms with E-state index in [1.807, 2.05) is 0 Å². The highest BCUT2D eigenvalue weighted by Crippen LogP contribution is 2.40. The normalized spacial score (nSPS) is 14.2. The van der Waals surface area contributed by atoms with Crippen molar-refractivity contribution in [3.05, 3.63) is 47.5 Å². The molecule has 0 aliphatic heterocycles. The Morgan fingerprint density at radius 2 is 1.48 bits per heavy atom. The molecule has 0 fully saturated rings. The molecule has 0 saturated heterocycles. The fraction of sp³-hybridized carbons (Fsp3) is 0.500. The molecule has 2 unspecified atom stereocenters. The summed E-state index contributed by atoms with van der Waals surface area (Å²) in [4.78, 5) is 0. The second-order valence-electron chi connectivity index (χ2n) is 7.63. The van der Waals surface area contributed by atoms with Gasteiger partial charge in [0.25, 0.3) is 0 Å². The van der Waals surface area contributed by atoms with E-state index in [1.54, 1.807) is 0 Å². The van der Waals surface area contributed by atoms with Crippen LogP contribution in [0, 0.1) is 0 Å². The monoisotopic (exact) mass is 336 g/mol. The Morgan fingerprint density at radius 1 is 0.800 bits per heavy atom. The molecule has 134 valence electrons. The molecule has 3 aromatic rings. The summed E-state index contributed by atoms with van der Waals surface area (Å²) < 4.78 is 6.38. The third kappa shape index (κ3) is 3.61. The van der Waals surface area contributed by atoms with Crippen LogP contribution in [-0.4, -0.2) is 0 Å². The maximum atomic E-state index is 6.38. The van der Waals surface area contributed by atoms with E-state index in [2.05, 4.69) is 64.1 Å². The van der Waals surface area contributed by atoms with Crippen molar-refractivity contribution < 1.29 is 4.42 Å². The topological polar surface area (TPSA) is 13.1 Å². The van der Waals surface area contributed by atoms with Crippen molar-refractivity contribution in [3.8, 4) is 0 Å². The minimum absolute atomic E-state index is 0.545. The Bertz CT molecular complexity index is 827. The highest BCUT2D eigenvalue weighted by Gasteiger charge is 2.21. The molecule has 2 atom stereocenters. The third-order valence-electron chi connectivity index (χ3n) is 5.62. The predicted molar refractivity (Wildman–Crippen MR) is 110 cm³/mol. The molecule has 1 heteroatoms. The first-order chi connectivity index (χ1) is 12.2. The number of benzene rings is 2. The molecule has 0 amide bonds. The molecule has 0 N–H and O–H groups in total. The maximum Gasteiger partial charge on any atom is 0.139 e. The first-order valence-electron chi connectivity index (χ1n) is 10.1. The van der Waals surface area contributed by atoms with Crippen LogP contribution >= 0.6 is 0 Å². The molecular formula is C24H32O. The van der Waals surface area contributed by atoms with Gasteiger partial charge in [-0.05, 0) is 36.3 Å². The number of rotatable bonds is 8. The minimum atomic E-state index is 0.545. The Hall–Kier alpha value is -1.76. The lowest BCUT2D eigenvalue weighted by atomic mass is 9.83. The van der Waals surface area contributed by atoms with Gasteiger partial charge in [-0.15, -0.1) is 0 Å². The van der Waals surface area contributed by atoms with Gasteiger partial charge in [-0.2, -0.15) is 0 Å². The van der Waals surface area contributed by atoms with Crippen LogP contribution in [0.2, 0.25) is 0 Å². The average molecular weight is 337 g/mol. The summed E-state index contributed by atoms with van der Waals surface area (Å²) in [6.45, 7) is 9.32. The lowest BCUT2D eigenvalue weighted by molar-refractivity contribution is 0.578. The van der Waals surface area contributed by atoms with Crippen molar-refractivity contribution in [2.75, 3.05) is 0 Å². The van der Waals surface area contributed by atoms with Crippen LogP contribution < -0.4 is 0 Å². The number of para-hydroxylation sites is 1. The lowest BCUT2D eigenvalue weighted by Gasteiger charge is -2.21. The summed E-state index contributed by atoms with van der Waals surface area (Å²) in [5.74, 6) is 1.14. The van der Waals surface area contributed by atoms with E-state index in [-0.39, 0.29) is 0 Å². The van der Waals surface area contributed by atoms with E-state index in [0.29, 0.717) is 11.8 Å². The maximum absolute atomic E-state index is 6.38. The summed E-state index contributed by atoms with van der Waals surface area (Å²) in [6, 6.07) is 13.1. The SMILES string of the molecule is CCCCC(C)c1ccc2c(oc3ccccc32)c1C(C)CCCC. The summed E-state index contributed by atoms with van der Waals surface area (Å²) in [6.07, 6.45) is 7.58. The molecular weight excluding hydrogens is 304 g/mol. The molecule has 0 aliphatic rings. The fourth-order valence-corrected chi connectivity index (χ4v) is 4.08. The Labute approximate surface area is 152 Å². The van der Waals surface area contributed by atoms with Crippen LogP contribution in [0.5, 0.6) is 0 Å². The minimum Gasteiger partial charge on any atom is -0.456 e. The van der Waals surface area contributed by atoms with E-state index < -0.39 is 0 Å². The van der Waals surface area contributed by atoms with Crippen LogP contribution in [0.4, 0.5) is 0 Å². The van der Waals surface area contributed by atoms with Crippen LogP contribution in [0.25, 0.3) is 21.9 Å². The van der Waals surface area contributed by atoms with Crippen LogP contribution in [0.15, 0.2) is 40.8 Å². The molecule has 2 aromatic carbocycles. The van der Waals surface area contributed by atoms with E-state index in [4.69, 9.17) is 4.42 Å². The molecule has 3 rings (SSSR count). The third-order valence-corrected chi connectivity index (χ3v) is 5.62. The van der Waals surface area contributed by atoms with Gasteiger partial charge in [0.05, 0.1) is 0 Å². The summed E-state index contributed by atoms with van der Waals surface area (Å²) in [5.41, 5.74) is 5.11. The zero-order valence-electron chi connectivity index (χ0n) is 16.3. The van der Waals surface area contributed by atoms with Gasteiger partial charge in [0.15, 0.2) is 0 Å². The largest absolute Gasteiger partial charge is 0.456 e. The molecule has 1 heterocycles. The van der Waals surface area contributed by atoms with Crippen molar-refractivity contribution in [2.45, 2.75) is 78.1 Å². The number of hydrogen-bond acceptors (Lipinski definition) is 1. The van der Waals surface area contributed by atoms with Gasteiger partial charge in [0, 0.05) is 16.3 Å². The second kappa shape index (κ2) is 8.08. The van der Waals surface area contributed by atoms with Gasteiger partial charge in [-0.1, -0.05) is 83.7 Å².